The Kier molecular flexibility index (Phi) is 8.42. The summed E-state index contributed by atoms with van der Waals surface area (Å²) in [6, 6.07) is 1.66. The number of hydrogen-bond donors (Lipinski definition) is 3. The zero-order chi connectivity index (χ0) is 30.3. The predicted octanol–water partition coefficient (Wildman–Crippen LogP) is 3.09. The fourth-order valence-electron chi connectivity index (χ4n) is 6.27. The third kappa shape index (κ3) is 5.16. The van der Waals surface area contributed by atoms with E-state index in [-0.39, 0.29) is 50.4 Å². The first-order chi connectivity index (χ1) is 19.3. The fraction of sp³-hybridized carbons (Fsp3) is 0.464. The van der Waals surface area contributed by atoms with Gasteiger partial charge in [-0.3, -0.25) is 39.4 Å². The number of aliphatic imine (C=N–C) groups is 1. The lowest BCUT2D eigenvalue weighted by molar-refractivity contribution is -0.921. The maximum absolute atomic E-state index is 14.1. The van der Waals surface area contributed by atoms with Crippen molar-refractivity contribution in [1.82, 2.24) is 4.90 Å². The van der Waals surface area contributed by atoms with E-state index >= 15 is 0 Å². The lowest BCUT2D eigenvalue weighted by atomic mass is 9.78. The van der Waals surface area contributed by atoms with Crippen LogP contribution in [0.3, 0.4) is 0 Å². The maximum atomic E-state index is 14.1. The summed E-state index contributed by atoms with van der Waals surface area (Å²) in [4.78, 5) is 58.4. The molecule has 0 radical (unpaired) electrons. The Labute approximate surface area is 240 Å². The fourth-order valence-corrected chi connectivity index (χ4v) is 7.00. The minimum atomic E-state index is -1.31. The molecule has 41 heavy (non-hydrogen) atoms. The van der Waals surface area contributed by atoms with Gasteiger partial charge >= 0.3 is 0 Å². The van der Waals surface area contributed by atoms with Crippen molar-refractivity contribution in [3.05, 3.63) is 47.2 Å². The number of thioether (sulfide) groups is 1. The highest BCUT2D eigenvalue weighted by atomic mass is 32.2. The molecule has 1 spiro atoms. The molecule has 2 atom stereocenters. The Morgan fingerprint density at radius 1 is 1.20 bits per heavy atom. The van der Waals surface area contributed by atoms with Crippen LogP contribution in [0.5, 0.6) is 0 Å². The molecular weight excluding hydrogens is 554 g/mol. The molecular formula is C28H33F2N6O4S+. The van der Waals surface area contributed by atoms with Crippen molar-refractivity contribution in [3.63, 3.8) is 0 Å². The van der Waals surface area contributed by atoms with Gasteiger partial charge in [0.15, 0.2) is 5.66 Å². The van der Waals surface area contributed by atoms with Gasteiger partial charge in [0, 0.05) is 44.2 Å². The molecule has 1 aromatic carbocycles. The summed E-state index contributed by atoms with van der Waals surface area (Å²) >= 11 is 0.592. The normalized spacial score (nSPS) is 28.1. The van der Waals surface area contributed by atoms with Crippen LogP contribution in [0.4, 0.5) is 8.78 Å². The molecule has 2 unspecified atom stereocenters. The molecule has 1 aliphatic carbocycles. The molecule has 218 valence electrons. The van der Waals surface area contributed by atoms with Crippen molar-refractivity contribution in [2.75, 3.05) is 13.6 Å². The number of carbonyl (C=O) groups excluding carboxylic acids is 4. The van der Waals surface area contributed by atoms with Crippen molar-refractivity contribution in [1.29, 1.82) is 10.8 Å². The van der Waals surface area contributed by atoms with Gasteiger partial charge < -0.3 is 5.73 Å². The molecule has 0 aromatic heterocycles. The lowest BCUT2D eigenvalue weighted by Crippen LogP contribution is -2.67. The molecule has 2 fully saturated rings. The van der Waals surface area contributed by atoms with Crippen LogP contribution < -0.4 is 5.73 Å². The average molecular weight is 588 g/mol. The van der Waals surface area contributed by atoms with E-state index in [4.69, 9.17) is 16.6 Å². The maximum Gasteiger partial charge on any atom is 0.294 e. The number of quaternary nitrogens is 1. The Hall–Kier alpha value is -3.58. The smallest absolute Gasteiger partial charge is 0.294 e. The first kappa shape index (κ1) is 30.4. The Bertz CT molecular complexity index is 1420. The molecule has 13 heteroatoms. The van der Waals surface area contributed by atoms with Gasteiger partial charge in [-0.2, -0.15) is 0 Å². The number of carbonyl (C=O) groups is 4. The first-order valence-electron chi connectivity index (χ1n) is 13.4. The number of amides is 2. The molecule has 1 saturated heterocycles. The molecule has 2 heterocycles. The molecule has 3 aliphatic rings. The number of likely N-dealkylation sites (N-methyl/N-ethyl adjacent to an activating group) is 2. The second-order valence-corrected chi connectivity index (χ2v) is 11.8. The highest BCUT2D eigenvalue weighted by Gasteiger charge is 2.71. The molecule has 0 bridgehead atoms. The number of ketones is 2. The van der Waals surface area contributed by atoms with Crippen molar-refractivity contribution >= 4 is 51.1 Å². The van der Waals surface area contributed by atoms with Crippen LogP contribution in [0, 0.1) is 28.4 Å². The Morgan fingerprint density at radius 3 is 2.44 bits per heavy atom. The molecule has 2 amide bonds. The highest BCUT2D eigenvalue weighted by molar-refractivity contribution is 8.26. The minimum Gasteiger partial charge on any atom is -0.387 e. The number of hydrogen-bond acceptors (Lipinski definition) is 7. The number of nitrogens with zero attached hydrogens (tertiary/aromatic N) is 3. The monoisotopic (exact) mass is 587 g/mol. The Balaban J connectivity index is 1.64. The number of amidine groups is 1. The van der Waals surface area contributed by atoms with Crippen molar-refractivity contribution < 1.29 is 32.4 Å². The van der Waals surface area contributed by atoms with Gasteiger partial charge in [-0.05, 0) is 31.4 Å². The zero-order valence-electron chi connectivity index (χ0n) is 23.1. The summed E-state index contributed by atoms with van der Waals surface area (Å²) in [5, 5.41) is 16.3. The first-order valence-corrected chi connectivity index (χ1v) is 14.2. The summed E-state index contributed by atoms with van der Waals surface area (Å²) in [5.74, 6) is -4.44. The van der Waals surface area contributed by atoms with Crippen LogP contribution in [0.15, 0.2) is 35.0 Å². The van der Waals surface area contributed by atoms with Gasteiger partial charge in [-0.25, -0.2) is 13.8 Å². The van der Waals surface area contributed by atoms with Crippen molar-refractivity contribution in [3.8, 4) is 0 Å². The standard InChI is InChI=1S/C28H32F2N6O4S/c1-4-20(31)34-26(39)15-8-10-28(11-9-15)35(5-2)27(40)22-24(38)23(37)18(14-36(22,28)3)25(33)41-21(32)12-16-6-7-17(29)13-19(16)30/h6-7,13-15,22,32-33H,4-5,8-12H2,1-3H3,(H-,31,34,39)/p+1. The Morgan fingerprint density at radius 2 is 1.85 bits per heavy atom. The summed E-state index contributed by atoms with van der Waals surface area (Å²) in [5.41, 5.74) is 4.65. The number of benzene rings is 1. The van der Waals surface area contributed by atoms with E-state index in [0.717, 1.165) is 6.07 Å². The van der Waals surface area contributed by atoms with Gasteiger partial charge in [0.25, 0.3) is 11.7 Å². The highest BCUT2D eigenvalue weighted by Crippen LogP contribution is 2.51. The van der Waals surface area contributed by atoms with Crippen LogP contribution >= 0.6 is 11.8 Å². The molecule has 4 N–H and O–H groups in total. The predicted molar refractivity (Wildman–Crippen MR) is 150 cm³/mol. The van der Waals surface area contributed by atoms with E-state index in [0.29, 0.717) is 49.9 Å². The van der Waals surface area contributed by atoms with Crippen molar-refractivity contribution in [2.45, 2.75) is 64.1 Å². The minimum absolute atomic E-state index is 0.0507. The molecule has 2 aliphatic heterocycles. The number of nitrogens with one attached hydrogen (secondary N) is 2. The summed E-state index contributed by atoms with van der Waals surface area (Å²) in [6.07, 6.45) is 3.20. The second-order valence-electron chi connectivity index (χ2n) is 10.7. The van der Waals surface area contributed by atoms with Gasteiger partial charge in [-0.15, -0.1) is 0 Å². The van der Waals surface area contributed by atoms with E-state index in [9.17, 15) is 28.0 Å². The molecule has 1 aromatic rings. The second kappa shape index (κ2) is 11.4. The molecule has 4 rings (SSSR count). The summed E-state index contributed by atoms with van der Waals surface area (Å²) < 4.78 is 27.1. The van der Waals surface area contributed by atoms with E-state index in [1.54, 1.807) is 25.8 Å². The van der Waals surface area contributed by atoms with E-state index in [1.807, 2.05) is 0 Å². The third-order valence-corrected chi connectivity index (χ3v) is 9.27. The number of halogens is 2. The van der Waals surface area contributed by atoms with Gasteiger partial charge in [0.2, 0.25) is 17.7 Å². The lowest BCUT2D eigenvalue weighted by Gasteiger charge is -2.51. The third-order valence-electron chi connectivity index (χ3n) is 8.45. The van der Waals surface area contributed by atoms with Gasteiger partial charge in [-0.1, -0.05) is 24.8 Å². The SMILES string of the molecule is CCC(N)=NC(=O)C1CCC2(CC1)N(CC)C(=O)C1C(=O)C(=O)C(C(=N)SC(=N)Cc3ccc(F)cc3F)=C[N+]12C. The molecule has 10 nitrogen and oxygen atoms in total. The van der Waals surface area contributed by atoms with Crippen LogP contribution in [0.25, 0.3) is 0 Å². The van der Waals surface area contributed by atoms with Crippen LogP contribution in [0.1, 0.15) is 51.5 Å². The van der Waals surface area contributed by atoms with Gasteiger partial charge in [0.05, 0.1) is 12.1 Å². The summed E-state index contributed by atoms with van der Waals surface area (Å²) in [6.45, 7) is 3.87. The van der Waals surface area contributed by atoms with E-state index in [2.05, 4.69) is 4.99 Å². The van der Waals surface area contributed by atoms with E-state index in [1.165, 1.54) is 12.3 Å². The van der Waals surface area contributed by atoms with Crippen LogP contribution in [0.2, 0.25) is 0 Å². The van der Waals surface area contributed by atoms with E-state index < -0.39 is 46.7 Å². The number of Topliss-reactive ketones (excluding diaryl/α,β-unsaturated/α-hetero) is 2. The van der Waals surface area contributed by atoms with Crippen molar-refractivity contribution in [2.24, 2.45) is 16.6 Å². The van der Waals surface area contributed by atoms with Crippen LogP contribution in [-0.4, -0.2) is 74.0 Å². The molecule has 1 saturated carbocycles. The summed E-state index contributed by atoms with van der Waals surface area (Å²) in [7, 11) is 1.69. The average Bonchev–Trinajstić information content (AvgIpc) is 3.10. The zero-order valence-corrected chi connectivity index (χ0v) is 23.9. The van der Waals surface area contributed by atoms with Crippen LogP contribution in [-0.2, 0) is 25.6 Å². The van der Waals surface area contributed by atoms with Gasteiger partial charge in [0.1, 0.15) is 34.3 Å². The quantitative estimate of drug-likeness (QED) is 0.153. The number of nitrogens with two attached hydrogens (primary N) is 1. The number of rotatable bonds is 6. The number of fused-ring (bicyclic) bond motifs is 2. The topological polar surface area (TPSA) is 158 Å². The largest absolute Gasteiger partial charge is 0.387 e.